The molecule has 0 rings (SSSR count). The fraction of sp³-hybridized carbons (Fsp3) is 0.583. The first-order valence-corrected chi connectivity index (χ1v) is 5.07. The SMILES string of the molecule is C=C/C=C(/COC)NC/C=N\C(C)(C)C. The topological polar surface area (TPSA) is 33.6 Å². The van der Waals surface area contributed by atoms with Crippen LogP contribution in [-0.4, -0.2) is 32.0 Å². The number of hydrogen-bond donors (Lipinski definition) is 1. The van der Waals surface area contributed by atoms with Crippen LogP contribution in [0.5, 0.6) is 0 Å². The standard InChI is InChI=1S/C12H22N2O/c1-6-7-11(10-15-5)13-8-9-14-12(2,3)4/h6-7,9,13H,1,8,10H2,2-5H3/b11-7-,14-9-. The molecule has 1 N–H and O–H groups in total. The molecule has 0 fully saturated rings. The Morgan fingerprint density at radius 2 is 2.13 bits per heavy atom. The average Bonchev–Trinajstić information content (AvgIpc) is 2.11. The Balaban J connectivity index is 3.96. The number of rotatable bonds is 6. The highest BCUT2D eigenvalue weighted by Crippen LogP contribution is 2.03. The molecule has 15 heavy (non-hydrogen) atoms. The van der Waals surface area contributed by atoms with Gasteiger partial charge in [-0.05, 0) is 26.8 Å². The van der Waals surface area contributed by atoms with Crippen molar-refractivity contribution in [3.8, 4) is 0 Å². The summed E-state index contributed by atoms with van der Waals surface area (Å²) in [5, 5.41) is 3.21. The first-order chi connectivity index (χ1) is 6.99. The van der Waals surface area contributed by atoms with Gasteiger partial charge in [-0.1, -0.05) is 12.7 Å². The van der Waals surface area contributed by atoms with Gasteiger partial charge in [0.1, 0.15) is 0 Å². The van der Waals surface area contributed by atoms with Crippen molar-refractivity contribution < 1.29 is 4.74 Å². The van der Waals surface area contributed by atoms with Gasteiger partial charge >= 0.3 is 0 Å². The van der Waals surface area contributed by atoms with Crippen LogP contribution in [0, 0.1) is 0 Å². The van der Waals surface area contributed by atoms with Crippen molar-refractivity contribution in [2.45, 2.75) is 26.3 Å². The zero-order chi connectivity index (χ0) is 11.7. The van der Waals surface area contributed by atoms with Crippen LogP contribution in [0.4, 0.5) is 0 Å². The van der Waals surface area contributed by atoms with Crippen molar-refractivity contribution in [2.75, 3.05) is 20.3 Å². The zero-order valence-electron chi connectivity index (χ0n) is 10.2. The van der Waals surface area contributed by atoms with Crippen molar-refractivity contribution in [2.24, 2.45) is 4.99 Å². The van der Waals surface area contributed by atoms with Gasteiger partial charge in [0.2, 0.25) is 0 Å². The van der Waals surface area contributed by atoms with E-state index in [9.17, 15) is 0 Å². The Morgan fingerprint density at radius 3 is 2.60 bits per heavy atom. The number of nitrogens with zero attached hydrogens (tertiary/aromatic N) is 1. The molecule has 0 radical (unpaired) electrons. The zero-order valence-corrected chi connectivity index (χ0v) is 10.2. The smallest absolute Gasteiger partial charge is 0.0858 e. The van der Waals surface area contributed by atoms with E-state index in [0.29, 0.717) is 13.2 Å². The summed E-state index contributed by atoms with van der Waals surface area (Å²) in [6.45, 7) is 11.1. The van der Waals surface area contributed by atoms with Crippen LogP contribution in [0.15, 0.2) is 29.4 Å². The van der Waals surface area contributed by atoms with E-state index in [4.69, 9.17) is 4.74 Å². The van der Waals surface area contributed by atoms with Crippen molar-refractivity contribution in [1.82, 2.24) is 5.32 Å². The normalized spacial score (nSPS) is 13.2. The van der Waals surface area contributed by atoms with Crippen LogP contribution in [0.25, 0.3) is 0 Å². The van der Waals surface area contributed by atoms with Crippen molar-refractivity contribution in [3.05, 3.63) is 24.4 Å². The third kappa shape index (κ3) is 9.22. The Labute approximate surface area is 92.9 Å². The van der Waals surface area contributed by atoms with Gasteiger partial charge in [0.25, 0.3) is 0 Å². The van der Waals surface area contributed by atoms with E-state index in [1.54, 1.807) is 13.2 Å². The maximum atomic E-state index is 5.03. The van der Waals surface area contributed by atoms with E-state index in [2.05, 4.69) is 37.7 Å². The highest BCUT2D eigenvalue weighted by molar-refractivity contribution is 5.60. The second-order valence-electron chi connectivity index (χ2n) is 4.22. The van der Waals surface area contributed by atoms with Gasteiger partial charge in [0.15, 0.2) is 0 Å². The van der Waals surface area contributed by atoms with Crippen LogP contribution in [-0.2, 0) is 4.74 Å². The van der Waals surface area contributed by atoms with Crippen molar-refractivity contribution >= 4 is 6.21 Å². The summed E-state index contributed by atoms with van der Waals surface area (Å²) in [5.74, 6) is 0. The third-order valence-corrected chi connectivity index (χ3v) is 1.52. The summed E-state index contributed by atoms with van der Waals surface area (Å²) >= 11 is 0. The first kappa shape index (κ1) is 13.9. The number of ether oxygens (including phenoxy) is 1. The lowest BCUT2D eigenvalue weighted by Crippen LogP contribution is -2.20. The molecule has 0 aromatic heterocycles. The van der Waals surface area contributed by atoms with Crippen molar-refractivity contribution in [1.29, 1.82) is 0 Å². The Kier molecular flexibility index (Phi) is 6.71. The summed E-state index contributed by atoms with van der Waals surface area (Å²) in [6, 6.07) is 0. The summed E-state index contributed by atoms with van der Waals surface area (Å²) in [6.07, 6.45) is 5.52. The van der Waals surface area contributed by atoms with Gasteiger partial charge in [-0.3, -0.25) is 4.99 Å². The minimum atomic E-state index is -0.00868. The second-order valence-corrected chi connectivity index (χ2v) is 4.22. The van der Waals surface area contributed by atoms with E-state index >= 15 is 0 Å². The van der Waals surface area contributed by atoms with Crippen LogP contribution in [0.3, 0.4) is 0 Å². The Hall–Kier alpha value is -1.09. The van der Waals surface area contributed by atoms with Crippen molar-refractivity contribution in [3.63, 3.8) is 0 Å². The summed E-state index contributed by atoms with van der Waals surface area (Å²) < 4.78 is 5.03. The van der Waals surface area contributed by atoms with E-state index in [1.165, 1.54) is 0 Å². The number of hydrogen-bond acceptors (Lipinski definition) is 3. The molecule has 0 saturated heterocycles. The molecule has 0 saturated carbocycles. The number of aliphatic imine (C=N–C) groups is 1. The molecule has 0 aromatic carbocycles. The van der Waals surface area contributed by atoms with E-state index < -0.39 is 0 Å². The number of methoxy groups -OCH3 is 1. The molecule has 86 valence electrons. The van der Waals surface area contributed by atoms with Crippen LogP contribution in [0.2, 0.25) is 0 Å². The monoisotopic (exact) mass is 210 g/mol. The molecule has 0 atom stereocenters. The molecule has 3 heteroatoms. The Morgan fingerprint density at radius 1 is 1.47 bits per heavy atom. The van der Waals surface area contributed by atoms with E-state index in [1.807, 2.05) is 12.3 Å². The van der Waals surface area contributed by atoms with Gasteiger partial charge < -0.3 is 10.1 Å². The van der Waals surface area contributed by atoms with Crippen LogP contribution >= 0.6 is 0 Å². The minimum absolute atomic E-state index is 0.00868. The molecule has 0 unspecified atom stereocenters. The first-order valence-electron chi connectivity index (χ1n) is 5.07. The number of allylic oxidation sites excluding steroid dienone is 2. The maximum Gasteiger partial charge on any atom is 0.0858 e. The molecule has 0 aliphatic carbocycles. The molecular formula is C12H22N2O. The molecule has 3 nitrogen and oxygen atoms in total. The molecule has 0 bridgehead atoms. The van der Waals surface area contributed by atoms with E-state index in [0.717, 1.165) is 5.70 Å². The molecule has 0 spiro atoms. The quantitative estimate of drug-likeness (QED) is 0.538. The van der Waals surface area contributed by atoms with Gasteiger partial charge in [0, 0.05) is 25.6 Å². The summed E-state index contributed by atoms with van der Waals surface area (Å²) in [5.41, 5.74) is 0.999. The van der Waals surface area contributed by atoms with Gasteiger partial charge in [0.05, 0.1) is 12.1 Å². The molecular weight excluding hydrogens is 188 g/mol. The molecule has 0 aliphatic rings. The van der Waals surface area contributed by atoms with E-state index in [-0.39, 0.29) is 5.54 Å². The lowest BCUT2D eigenvalue weighted by molar-refractivity contribution is 0.221. The lowest BCUT2D eigenvalue weighted by Gasteiger charge is -2.12. The van der Waals surface area contributed by atoms with Gasteiger partial charge in [-0.2, -0.15) is 0 Å². The lowest BCUT2D eigenvalue weighted by atomic mass is 10.1. The number of nitrogens with one attached hydrogen (secondary N) is 1. The largest absolute Gasteiger partial charge is 0.381 e. The molecule has 0 amide bonds. The average molecular weight is 210 g/mol. The highest BCUT2D eigenvalue weighted by atomic mass is 16.5. The highest BCUT2D eigenvalue weighted by Gasteiger charge is 2.03. The molecule has 0 aliphatic heterocycles. The maximum absolute atomic E-state index is 5.03. The van der Waals surface area contributed by atoms with Gasteiger partial charge in [-0.25, -0.2) is 0 Å². The third-order valence-electron chi connectivity index (χ3n) is 1.52. The fourth-order valence-corrected chi connectivity index (χ4v) is 0.952. The summed E-state index contributed by atoms with van der Waals surface area (Å²) in [7, 11) is 1.67. The van der Waals surface area contributed by atoms with Crippen LogP contribution in [0.1, 0.15) is 20.8 Å². The molecule has 0 aromatic rings. The predicted octanol–water partition coefficient (Wildman–Crippen LogP) is 2.16. The second kappa shape index (κ2) is 7.23. The molecule has 0 heterocycles. The minimum Gasteiger partial charge on any atom is -0.381 e. The predicted molar refractivity (Wildman–Crippen MR) is 66.4 cm³/mol. The fourth-order valence-electron chi connectivity index (χ4n) is 0.952. The Bertz CT molecular complexity index is 236. The van der Waals surface area contributed by atoms with Crippen LogP contribution < -0.4 is 5.32 Å². The van der Waals surface area contributed by atoms with Gasteiger partial charge in [-0.15, -0.1) is 0 Å². The summed E-state index contributed by atoms with van der Waals surface area (Å²) in [4.78, 5) is 4.37.